The van der Waals surface area contributed by atoms with Gasteiger partial charge in [0.15, 0.2) is 0 Å². The summed E-state index contributed by atoms with van der Waals surface area (Å²) in [4.78, 5) is 38.3. The molecular weight excluding hydrogens is 546 g/mol. The van der Waals surface area contributed by atoms with Crippen LogP contribution in [0.5, 0.6) is 5.75 Å². The zero-order chi connectivity index (χ0) is 29.6. The first-order valence-corrected chi connectivity index (χ1v) is 12.7. The van der Waals surface area contributed by atoms with Crippen LogP contribution in [-0.4, -0.2) is 48.9 Å². The Bertz CT molecular complexity index is 1380. The van der Waals surface area contributed by atoms with E-state index < -0.39 is 36.1 Å². The van der Waals surface area contributed by atoms with Crippen molar-refractivity contribution >= 4 is 29.3 Å². The van der Waals surface area contributed by atoms with E-state index in [1.165, 1.54) is 60.5 Å². The standard InChI is InChI=1S/C29H27F4N3O5/c1-40-27(38)19-10-14-21(15-11-19)41-26(30)24-7-4-16-36(24)25(37)17-18-8-12-20(13-9-18)34-28(39)35-23-6-3-2-5-22(23)29(31,32)33/h2-3,5-6,8-15,24,26H,4,7,16-17H2,1H3,(H2,34,35,39)/t24-,26?/m0/s1. The highest BCUT2D eigenvalue weighted by Crippen LogP contribution is 2.34. The fourth-order valence-electron chi connectivity index (χ4n) is 4.48. The monoisotopic (exact) mass is 573 g/mol. The number of alkyl halides is 4. The summed E-state index contributed by atoms with van der Waals surface area (Å²) in [6.45, 7) is 0.369. The zero-order valence-electron chi connectivity index (χ0n) is 21.9. The van der Waals surface area contributed by atoms with Gasteiger partial charge in [-0.2, -0.15) is 17.6 Å². The van der Waals surface area contributed by atoms with E-state index in [4.69, 9.17) is 4.74 Å². The van der Waals surface area contributed by atoms with Gasteiger partial charge in [-0.3, -0.25) is 4.79 Å². The maximum atomic E-state index is 15.1. The maximum absolute atomic E-state index is 15.1. The van der Waals surface area contributed by atoms with Crippen LogP contribution >= 0.6 is 0 Å². The number of para-hydroxylation sites is 1. The minimum absolute atomic E-state index is 0.0253. The molecular formula is C29H27F4N3O5. The van der Waals surface area contributed by atoms with Gasteiger partial charge in [-0.1, -0.05) is 24.3 Å². The Kier molecular flexibility index (Phi) is 9.10. The summed E-state index contributed by atoms with van der Waals surface area (Å²) in [5.41, 5.74) is -0.155. The van der Waals surface area contributed by atoms with Gasteiger partial charge in [0.2, 0.25) is 5.91 Å². The Morgan fingerprint density at radius 3 is 2.32 bits per heavy atom. The molecule has 1 saturated heterocycles. The molecule has 0 aromatic heterocycles. The molecule has 216 valence electrons. The van der Waals surface area contributed by atoms with Crippen molar-refractivity contribution in [1.82, 2.24) is 4.90 Å². The molecule has 3 aromatic carbocycles. The minimum atomic E-state index is -4.63. The number of esters is 1. The van der Waals surface area contributed by atoms with E-state index in [1.807, 2.05) is 0 Å². The van der Waals surface area contributed by atoms with E-state index in [0.717, 1.165) is 12.1 Å². The number of urea groups is 1. The van der Waals surface area contributed by atoms with E-state index in [1.54, 1.807) is 12.1 Å². The molecule has 0 aliphatic carbocycles. The molecule has 0 saturated carbocycles. The number of ether oxygens (including phenoxy) is 2. The molecule has 41 heavy (non-hydrogen) atoms. The number of likely N-dealkylation sites (tertiary alicyclic amines) is 1. The van der Waals surface area contributed by atoms with E-state index in [0.29, 0.717) is 36.2 Å². The third-order valence-corrected chi connectivity index (χ3v) is 6.49. The van der Waals surface area contributed by atoms with E-state index in [-0.39, 0.29) is 23.8 Å². The van der Waals surface area contributed by atoms with E-state index in [2.05, 4.69) is 15.4 Å². The number of anilines is 2. The largest absolute Gasteiger partial charge is 0.465 e. The van der Waals surface area contributed by atoms with Crippen LogP contribution in [0.1, 0.15) is 34.3 Å². The van der Waals surface area contributed by atoms with Crippen molar-refractivity contribution in [3.63, 3.8) is 0 Å². The predicted molar refractivity (Wildman–Crippen MR) is 142 cm³/mol. The van der Waals surface area contributed by atoms with E-state index in [9.17, 15) is 27.6 Å². The average molecular weight is 574 g/mol. The highest BCUT2D eigenvalue weighted by atomic mass is 19.4. The number of hydrogen-bond donors (Lipinski definition) is 2. The van der Waals surface area contributed by atoms with Gasteiger partial charge in [-0.25, -0.2) is 9.59 Å². The smallest absolute Gasteiger partial charge is 0.418 e. The first kappa shape index (κ1) is 29.4. The van der Waals surface area contributed by atoms with Gasteiger partial charge in [0.25, 0.3) is 6.36 Å². The van der Waals surface area contributed by atoms with Crippen LogP contribution in [0.2, 0.25) is 0 Å². The Balaban J connectivity index is 1.31. The van der Waals surface area contributed by atoms with E-state index >= 15 is 4.39 Å². The number of amides is 3. The molecule has 8 nitrogen and oxygen atoms in total. The van der Waals surface area contributed by atoms with Gasteiger partial charge in [0, 0.05) is 12.2 Å². The summed E-state index contributed by atoms with van der Waals surface area (Å²) in [6, 6.07) is 15.0. The third kappa shape index (κ3) is 7.53. The lowest BCUT2D eigenvalue weighted by molar-refractivity contribution is -0.137. The Morgan fingerprint density at radius 1 is 0.976 bits per heavy atom. The average Bonchev–Trinajstić information content (AvgIpc) is 3.44. The lowest BCUT2D eigenvalue weighted by Gasteiger charge is -2.27. The van der Waals surface area contributed by atoms with Crippen LogP contribution in [0.4, 0.5) is 33.7 Å². The van der Waals surface area contributed by atoms with Crippen LogP contribution in [0.25, 0.3) is 0 Å². The molecule has 12 heteroatoms. The highest BCUT2D eigenvalue weighted by molar-refractivity contribution is 6.00. The van der Waals surface area contributed by atoms with Crippen molar-refractivity contribution in [3.8, 4) is 5.75 Å². The van der Waals surface area contributed by atoms with Gasteiger partial charge in [-0.15, -0.1) is 0 Å². The summed E-state index contributed by atoms with van der Waals surface area (Å²) in [7, 11) is 1.26. The molecule has 0 radical (unpaired) electrons. The maximum Gasteiger partial charge on any atom is 0.418 e. The molecule has 4 rings (SSSR count). The molecule has 3 amide bonds. The number of hydrogen-bond acceptors (Lipinski definition) is 5. The molecule has 1 unspecified atom stereocenters. The lowest BCUT2D eigenvalue weighted by Crippen LogP contribution is -2.44. The first-order valence-electron chi connectivity index (χ1n) is 12.7. The van der Waals surface area contributed by atoms with Crippen molar-refractivity contribution in [2.75, 3.05) is 24.3 Å². The Hall–Kier alpha value is -4.61. The summed E-state index contributed by atoms with van der Waals surface area (Å²) in [5, 5.41) is 4.65. The summed E-state index contributed by atoms with van der Waals surface area (Å²) >= 11 is 0. The predicted octanol–water partition coefficient (Wildman–Crippen LogP) is 6.04. The number of carbonyl (C=O) groups excluding carboxylic acids is 3. The van der Waals surface area contributed by atoms with Gasteiger partial charge in [-0.05, 0) is 66.9 Å². The molecule has 1 aliphatic rings. The quantitative estimate of drug-likeness (QED) is 0.253. The Morgan fingerprint density at radius 2 is 1.66 bits per heavy atom. The normalized spacial score (nSPS) is 15.6. The van der Waals surface area contributed by atoms with Crippen LogP contribution in [-0.2, 0) is 22.1 Å². The van der Waals surface area contributed by atoms with Crippen LogP contribution in [0.3, 0.4) is 0 Å². The van der Waals surface area contributed by atoms with Gasteiger partial charge < -0.3 is 25.0 Å². The zero-order valence-corrected chi connectivity index (χ0v) is 21.9. The number of carbonyl (C=O) groups is 3. The molecule has 2 N–H and O–H groups in total. The van der Waals surface area contributed by atoms with Gasteiger partial charge in [0.05, 0.1) is 36.4 Å². The number of benzene rings is 3. The molecule has 2 atom stereocenters. The Labute approximate surface area is 233 Å². The molecule has 1 heterocycles. The molecule has 0 spiro atoms. The SMILES string of the molecule is COC(=O)c1ccc(OC(F)[C@@H]2CCCN2C(=O)Cc2ccc(NC(=O)Nc3ccccc3C(F)(F)F)cc2)cc1. The number of nitrogens with zero attached hydrogens (tertiary/aromatic N) is 1. The van der Waals surface area contributed by atoms with Crippen molar-refractivity contribution < 1.29 is 41.4 Å². The number of halogens is 4. The molecule has 3 aromatic rings. The van der Waals surface area contributed by atoms with Gasteiger partial charge in [0.1, 0.15) is 5.75 Å². The van der Waals surface area contributed by atoms with Crippen LogP contribution in [0.15, 0.2) is 72.8 Å². The third-order valence-electron chi connectivity index (χ3n) is 6.49. The molecule has 1 aliphatic heterocycles. The topological polar surface area (TPSA) is 97.0 Å². The van der Waals surface area contributed by atoms with Crippen molar-refractivity contribution in [1.29, 1.82) is 0 Å². The number of nitrogens with one attached hydrogen (secondary N) is 2. The number of methoxy groups -OCH3 is 1. The summed E-state index contributed by atoms with van der Waals surface area (Å²) in [6.07, 6.45) is -5.40. The molecule has 1 fully saturated rings. The summed E-state index contributed by atoms with van der Waals surface area (Å²) in [5.74, 6) is -0.625. The van der Waals surface area contributed by atoms with Crippen molar-refractivity contribution in [3.05, 3.63) is 89.5 Å². The minimum Gasteiger partial charge on any atom is -0.465 e. The molecule has 0 bridgehead atoms. The van der Waals surface area contributed by atoms with Crippen LogP contribution < -0.4 is 15.4 Å². The fourth-order valence-corrected chi connectivity index (χ4v) is 4.48. The number of rotatable bonds is 8. The van der Waals surface area contributed by atoms with Gasteiger partial charge >= 0.3 is 18.2 Å². The second kappa shape index (κ2) is 12.7. The second-order valence-corrected chi connectivity index (χ2v) is 9.28. The summed E-state index contributed by atoms with van der Waals surface area (Å²) < 4.78 is 64.6. The van der Waals surface area contributed by atoms with Crippen LogP contribution in [0, 0.1) is 0 Å². The van der Waals surface area contributed by atoms with Crippen molar-refractivity contribution in [2.24, 2.45) is 0 Å². The van der Waals surface area contributed by atoms with Crippen molar-refractivity contribution in [2.45, 2.75) is 37.8 Å². The lowest BCUT2D eigenvalue weighted by atomic mass is 10.1. The highest BCUT2D eigenvalue weighted by Gasteiger charge is 2.36. The fraction of sp³-hybridized carbons (Fsp3) is 0.276. The second-order valence-electron chi connectivity index (χ2n) is 9.28. The first-order chi connectivity index (χ1) is 19.5.